The maximum absolute atomic E-state index is 5.38. The van der Waals surface area contributed by atoms with Crippen LogP contribution in [0.1, 0.15) is 0 Å². The Labute approximate surface area is 173 Å². The molecule has 1 nitrogen and oxygen atoms in total. The summed E-state index contributed by atoms with van der Waals surface area (Å²) in [5.74, 6) is 0. The Morgan fingerprint density at radius 1 is 0.556 bits per heavy atom. The van der Waals surface area contributed by atoms with Gasteiger partial charge < -0.3 is 0 Å². The summed E-state index contributed by atoms with van der Waals surface area (Å²) < 4.78 is 5.38. The van der Waals surface area contributed by atoms with Gasteiger partial charge in [-0.2, -0.15) is 30.3 Å². The van der Waals surface area contributed by atoms with Crippen molar-refractivity contribution in [1.82, 2.24) is 0 Å². The number of nitrogens with zero attached hydrogens (tertiary/aromatic N) is 1. The van der Waals surface area contributed by atoms with Gasteiger partial charge in [0.1, 0.15) is 0 Å². The Hall–Kier alpha value is -2.29. The summed E-state index contributed by atoms with van der Waals surface area (Å²) in [6.07, 6.45) is 0. The summed E-state index contributed by atoms with van der Waals surface area (Å²) in [5.41, 5.74) is 0.991. The van der Waals surface area contributed by atoms with Crippen molar-refractivity contribution < 1.29 is 18.9 Å². The van der Waals surface area contributed by atoms with Gasteiger partial charge >= 0.3 is 18.9 Å². The van der Waals surface area contributed by atoms with E-state index < -0.39 is 7.05 Å². The number of hydrogen-bond donors (Lipinski definition) is 0. The van der Waals surface area contributed by atoms with Gasteiger partial charge in [-0.15, -0.1) is 5.30 Å². The minimum atomic E-state index is -2.21. The van der Waals surface area contributed by atoms with Crippen LogP contribution in [0.25, 0.3) is 0 Å². The zero-order valence-electron chi connectivity index (χ0n) is 15.4. The molecule has 0 atom stereocenters. The van der Waals surface area contributed by atoms with Gasteiger partial charge in [-0.25, -0.2) is 0 Å². The predicted molar refractivity (Wildman–Crippen MR) is 113 cm³/mol. The van der Waals surface area contributed by atoms with E-state index in [1.54, 1.807) is 0 Å². The largest absolute Gasteiger partial charge is 1.00 e. The van der Waals surface area contributed by atoms with Crippen molar-refractivity contribution in [1.29, 1.82) is 0 Å². The first-order valence-electron chi connectivity index (χ1n) is 8.65. The normalized spacial score (nSPS) is 10.7. The zero-order valence-corrected chi connectivity index (χ0v) is 16.3. The van der Waals surface area contributed by atoms with Crippen molar-refractivity contribution in [3.8, 4) is 0 Å². The fraction of sp³-hybridized carbons (Fsp3) is 0. The first-order valence-corrected chi connectivity index (χ1v) is 10.4. The number of hydrogen-bond acceptors (Lipinski definition) is 1. The minimum absolute atomic E-state index is 0. The van der Waals surface area contributed by atoms with Crippen LogP contribution in [0.3, 0.4) is 0 Å². The summed E-state index contributed by atoms with van der Waals surface area (Å²) in [6, 6.07) is 43.2. The second kappa shape index (κ2) is 9.07. The van der Waals surface area contributed by atoms with E-state index in [2.05, 4.69) is 91.0 Å². The monoisotopic (exact) mass is 359 g/mol. The van der Waals surface area contributed by atoms with Crippen molar-refractivity contribution in [2.75, 3.05) is 0 Å². The Morgan fingerprint density at radius 3 is 1.52 bits per heavy atom. The fourth-order valence-electron chi connectivity index (χ4n) is 3.14. The van der Waals surface area contributed by atoms with Crippen molar-refractivity contribution in [2.24, 2.45) is 4.74 Å². The van der Waals surface area contributed by atoms with E-state index in [-0.39, 0.29) is 18.9 Å². The molecule has 0 fully saturated rings. The Balaban J connectivity index is 0.00000210. The molecule has 0 aliphatic heterocycles. The second-order valence-corrected chi connectivity index (χ2v) is 8.98. The topological polar surface area (TPSA) is 12.4 Å². The van der Waals surface area contributed by atoms with Gasteiger partial charge in [0.05, 0.1) is 5.69 Å². The van der Waals surface area contributed by atoms with Crippen LogP contribution in [0.4, 0.5) is 5.69 Å². The molecule has 0 spiro atoms. The zero-order chi connectivity index (χ0) is 17.7. The molecule has 0 bridgehead atoms. The molecule has 4 aromatic carbocycles. The molecule has 0 aliphatic carbocycles. The van der Waals surface area contributed by atoms with E-state index in [9.17, 15) is 0 Å². The number of rotatable bonds is 4. The van der Waals surface area contributed by atoms with Gasteiger partial charge in [-0.3, -0.25) is 4.74 Å². The Morgan fingerprint density at radius 2 is 1.04 bits per heavy atom. The van der Waals surface area contributed by atoms with Crippen molar-refractivity contribution in [3.05, 3.63) is 121 Å². The summed E-state index contributed by atoms with van der Waals surface area (Å²) in [4.78, 5) is 0. The minimum Gasteiger partial charge on any atom is -0.256 e. The first kappa shape index (κ1) is 19.5. The van der Waals surface area contributed by atoms with Gasteiger partial charge in [-0.05, 0) is 22.7 Å². The molecule has 3 heteroatoms. The molecule has 0 aliphatic rings. The third-order valence-electron chi connectivity index (χ3n) is 4.32. The average molecular weight is 359 g/mol. The van der Waals surface area contributed by atoms with Crippen LogP contribution < -0.4 is 34.8 Å². The van der Waals surface area contributed by atoms with Crippen LogP contribution in [0, 0.1) is 6.07 Å². The molecule has 0 saturated heterocycles. The molecule has 27 heavy (non-hydrogen) atoms. The van der Waals surface area contributed by atoms with Crippen LogP contribution in [-0.2, 0) is 0 Å². The summed E-state index contributed by atoms with van der Waals surface area (Å²) >= 11 is 0. The Kier molecular flexibility index (Phi) is 6.54. The molecule has 0 radical (unpaired) electrons. The van der Waals surface area contributed by atoms with E-state index in [4.69, 9.17) is 4.74 Å². The molecular weight excluding hydrogens is 340 g/mol. The van der Waals surface area contributed by atoms with E-state index in [1.807, 2.05) is 30.3 Å². The smallest absolute Gasteiger partial charge is 0.256 e. The molecule has 4 rings (SSSR count). The van der Waals surface area contributed by atoms with Gasteiger partial charge in [0.2, 0.25) is 0 Å². The maximum Gasteiger partial charge on any atom is 1.00 e. The molecule has 0 N–H and O–H groups in total. The summed E-state index contributed by atoms with van der Waals surface area (Å²) in [5, 5.41) is 3.61. The van der Waals surface area contributed by atoms with Crippen LogP contribution in [0.15, 0.2) is 120 Å². The number of benzene rings is 4. The van der Waals surface area contributed by atoms with Crippen molar-refractivity contribution >= 4 is 28.7 Å². The predicted octanol–water partition coefficient (Wildman–Crippen LogP) is 2.30. The molecule has 126 valence electrons. The quantitative estimate of drug-likeness (QED) is 0.301. The van der Waals surface area contributed by atoms with E-state index in [1.165, 1.54) is 10.6 Å². The van der Waals surface area contributed by atoms with Gasteiger partial charge in [0, 0.05) is 7.05 Å². The van der Waals surface area contributed by atoms with E-state index in [0.29, 0.717) is 0 Å². The summed E-state index contributed by atoms with van der Waals surface area (Å²) in [7, 11) is -2.21. The van der Waals surface area contributed by atoms with Crippen LogP contribution in [-0.4, -0.2) is 0 Å². The van der Waals surface area contributed by atoms with E-state index in [0.717, 1.165) is 11.0 Å². The molecule has 0 amide bonds. The molecule has 0 saturated carbocycles. The standard InChI is InChI=1S/C24H19NP.Li/c1-5-13-21(14-6-1)25-26(22-15-7-2-8-16-22,23-17-9-3-10-18-23)24-19-11-4-12-20-24;/h1-19H;/q-1;+1. The summed E-state index contributed by atoms with van der Waals surface area (Å²) in [6.45, 7) is 0. The Bertz CT molecular complexity index is 914. The third-order valence-corrected chi connectivity index (χ3v) is 7.92. The van der Waals surface area contributed by atoms with Gasteiger partial charge in [0.15, 0.2) is 0 Å². The molecule has 0 aromatic heterocycles. The van der Waals surface area contributed by atoms with Crippen LogP contribution in [0.5, 0.6) is 0 Å². The molecular formula is C24H19LiNP. The van der Waals surface area contributed by atoms with Crippen LogP contribution in [0.2, 0.25) is 0 Å². The van der Waals surface area contributed by atoms with Gasteiger partial charge in [-0.1, -0.05) is 78.9 Å². The average Bonchev–Trinajstić information content (AvgIpc) is 2.75. The third kappa shape index (κ3) is 4.02. The first-order chi connectivity index (χ1) is 12.9. The second-order valence-electron chi connectivity index (χ2n) is 5.99. The molecule has 0 heterocycles. The fourth-order valence-corrected chi connectivity index (χ4v) is 6.58. The van der Waals surface area contributed by atoms with Crippen molar-refractivity contribution in [3.63, 3.8) is 0 Å². The van der Waals surface area contributed by atoms with E-state index >= 15 is 0 Å². The molecule has 4 aromatic rings. The van der Waals surface area contributed by atoms with Crippen molar-refractivity contribution in [2.45, 2.75) is 0 Å². The van der Waals surface area contributed by atoms with Crippen LogP contribution >= 0.6 is 7.05 Å². The maximum atomic E-state index is 5.38. The SMILES string of the molecule is [Li+].[c-]1ccccc1P(=Nc1ccccc1)(c1ccccc1)c1ccccc1. The van der Waals surface area contributed by atoms with Gasteiger partial charge in [0.25, 0.3) is 0 Å². The molecule has 0 unspecified atom stereocenters.